The molecule has 1 atom stereocenters. The van der Waals surface area contributed by atoms with E-state index in [4.69, 9.17) is 9.26 Å². The molecule has 4 rings (SSSR count). The molecule has 0 spiro atoms. The second-order valence-electron chi connectivity index (χ2n) is 6.67. The first-order valence-electron chi connectivity index (χ1n) is 9.26. The summed E-state index contributed by atoms with van der Waals surface area (Å²) in [6.07, 6.45) is 2.29. The van der Waals surface area contributed by atoms with Crippen LogP contribution in [0.15, 0.2) is 65.4 Å². The van der Waals surface area contributed by atoms with Crippen molar-refractivity contribution >= 4 is 28.6 Å². The maximum Gasteiger partial charge on any atom is 0.339 e. The quantitative estimate of drug-likeness (QED) is 0.506. The van der Waals surface area contributed by atoms with Crippen LogP contribution in [0.25, 0.3) is 22.2 Å². The van der Waals surface area contributed by atoms with Crippen molar-refractivity contribution in [3.8, 4) is 11.3 Å². The number of anilines is 1. The lowest BCUT2D eigenvalue weighted by atomic mass is 10.0. The van der Waals surface area contributed by atoms with Gasteiger partial charge in [-0.3, -0.25) is 9.78 Å². The van der Waals surface area contributed by atoms with Crippen LogP contribution in [-0.4, -0.2) is 33.1 Å². The van der Waals surface area contributed by atoms with Gasteiger partial charge in [-0.25, -0.2) is 9.78 Å². The Balaban J connectivity index is 1.61. The van der Waals surface area contributed by atoms with Gasteiger partial charge < -0.3 is 14.6 Å². The number of rotatable bonds is 5. The van der Waals surface area contributed by atoms with E-state index >= 15 is 0 Å². The molecule has 0 aliphatic heterocycles. The zero-order valence-electron chi connectivity index (χ0n) is 16.3. The van der Waals surface area contributed by atoms with Gasteiger partial charge in [0.15, 0.2) is 11.9 Å². The van der Waals surface area contributed by atoms with Gasteiger partial charge in [-0.15, -0.1) is 0 Å². The van der Waals surface area contributed by atoms with E-state index in [0.717, 1.165) is 5.56 Å². The molecule has 3 aromatic heterocycles. The SMILES string of the molecule is Cc1cc(NC(=O)C(C)OC(=O)c2cc(-c3cccnc3)nc3ccccc23)no1. The van der Waals surface area contributed by atoms with Gasteiger partial charge in [0.25, 0.3) is 5.91 Å². The van der Waals surface area contributed by atoms with Crippen molar-refractivity contribution in [2.45, 2.75) is 20.0 Å². The van der Waals surface area contributed by atoms with Gasteiger partial charge in [0.05, 0.1) is 16.8 Å². The van der Waals surface area contributed by atoms with Crippen LogP contribution in [0, 0.1) is 6.92 Å². The van der Waals surface area contributed by atoms with Crippen molar-refractivity contribution in [1.82, 2.24) is 15.1 Å². The van der Waals surface area contributed by atoms with Crippen LogP contribution < -0.4 is 5.32 Å². The Morgan fingerprint density at radius 1 is 1.13 bits per heavy atom. The zero-order chi connectivity index (χ0) is 21.1. The Kier molecular flexibility index (Phi) is 5.21. The molecular formula is C22H18N4O4. The lowest BCUT2D eigenvalue weighted by Crippen LogP contribution is -2.30. The molecule has 0 bridgehead atoms. The third-order valence-corrected chi connectivity index (χ3v) is 4.43. The molecule has 0 saturated heterocycles. The number of benzene rings is 1. The van der Waals surface area contributed by atoms with Crippen molar-refractivity contribution in [3.63, 3.8) is 0 Å². The van der Waals surface area contributed by atoms with Crippen LogP contribution in [-0.2, 0) is 9.53 Å². The molecule has 30 heavy (non-hydrogen) atoms. The predicted molar refractivity (Wildman–Crippen MR) is 110 cm³/mol. The standard InChI is InChI=1S/C22H18N4O4/c1-13-10-20(26-30-13)25-21(27)14(2)29-22(28)17-11-19(15-6-5-9-23-12-15)24-18-8-4-3-7-16(17)18/h3-12,14H,1-2H3,(H,25,26,27). The second kappa shape index (κ2) is 8.12. The highest BCUT2D eigenvalue weighted by molar-refractivity contribution is 6.05. The van der Waals surface area contributed by atoms with E-state index in [0.29, 0.717) is 27.9 Å². The lowest BCUT2D eigenvalue weighted by molar-refractivity contribution is -0.123. The summed E-state index contributed by atoms with van der Waals surface area (Å²) in [7, 11) is 0. The van der Waals surface area contributed by atoms with Crippen LogP contribution in [0.2, 0.25) is 0 Å². The topological polar surface area (TPSA) is 107 Å². The third-order valence-electron chi connectivity index (χ3n) is 4.43. The average molecular weight is 402 g/mol. The Morgan fingerprint density at radius 3 is 2.70 bits per heavy atom. The minimum atomic E-state index is -1.04. The zero-order valence-corrected chi connectivity index (χ0v) is 16.3. The number of amides is 1. The molecule has 1 aromatic carbocycles. The molecule has 1 N–H and O–H groups in total. The van der Waals surface area contributed by atoms with E-state index in [-0.39, 0.29) is 5.82 Å². The van der Waals surface area contributed by atoms with E-state index in [1.165, 1.54) is 6.92 Å². The van der Waals surface area contributed by atoms with E-state index in [1.807, 2.05) is 24.3 Å². The fourth-order valence-corrected chi connectivity index (χ4v) is 2.94. The van der Waals surface area contributed by atoms with Crippen LogP contribution in [0.4, 0.5) is 5.82 Å². The summed E-state index contributed by atoms with van der Waals surface area (Å²) >= 11 is 0. The van der Waals surface area contributed by atoms with Crippen molar-refractivity contribution in [3.05, 3.63) is 72.2 Å². The van der Waals surface area contributed by atoms with Crippen molar-refractivity contribution in [2.75, 3.05) is 5.32 Å². The minimum absolute atomic E-state index is 0.258. The van der Waals surface area contributed by atoms with Gasteiger partial charge in [-0.2, -0.15) is 0 Å². The number of aromatic nitrogens is 3. The summed E-state index contributed by atoms with van der Waals surface area (Å²) in [5, 5.41) is 6.89. The molecule has 1 amide bonds. The highest BCUT2D eigenvalue weighted by Crippen LogP contribution is 2.25. The van der Waals surface area contributed by atoms with Crippen LogP contribution in [0.5, 0.6) is 0 Å². The molecule has 0 aliphatic rings. The van der Waals surface area contributed by atoms with Crippen LogP contribution in [0.1, 0.15) is 23.0 Å². The Hall–Kier alpha value is -4.07. The molecule has 8 nitrogen and oxygen atoms in total. The maximum atomic E-state index is 12.9. The molecule has 8 heteroatoms. The van der Waals surface area contributed by atoms with E-state index in [9.17, 15) is 9.59 Å². The summed E-state index contributed by atoms with van der Waals surface area (Å²) in [5.41, 5.74) is 2.31. The predicted octanol–water partition coefficient (Wildman–Crippen LogP) is 3.78. The number of nitrogens with one attached hydrogen (secondary N) is 1. The number of ether oxygens (including phenoxy) is 1. The van der Waals surface area contributed by atoms with Gasteiger partial charge in [-0.1, -0.05) is 23.4 Å². The van der Waals surface area contributed by atoms with Crippen molar-refractivity contribution < 1.29 is 18.8 Å². The number of fused-ring (bicyclic) bond motifs is 1. The van der Waals surface area contributed by atoms with Crippen LogP contribution in [0.3, 0.4) is 0 Å². The first kappa shape index (κ1) is 19.3. The van der Waals surface area contributed by atoms with E-state index in [2.05, 4.69) is 20.4 Å². The Morgan fingerprint density at radius 2 is 1.97 bits per heavy atom. The number of carbonyl (C=O) groups is 2. The molecule has 3 heterocycles. The number of nitrogens with zero attached hydrogens (tertiary/aromatic N) is 3. The van der Waals surface area contributed by atoms with Crippen molar-refractivity contribution in [1.29, 1.82) is 0 Å². The number of para-hydroxylation sites is 1. The normalized spacial score (nSPS) is 11.8. The minimum Gasteiger partial charge on any atom is -0.449 e. The second-order valence-corrected chi connectivity index (χ2v) is 6.67. The Bertz CT molecular complexity index is 1220. The number of hydrogen-bond donors (Lipinski definition) is 1. The third kappa shape index (κ3) is 4.02. The number of carbonyl (C=O) groups excluding carboxylic acids is 2. The van der Waals surface area contributed by atoms with E-state index in [1.54, 1.807) is 43.6 Å². The summed E-state index contributed by atoms with van der Waals surface area (Å²) < 4.78 is 10.3. The summed E-state index contributed by atoms with van der Waals surface area (Å²) in [6.45, 7) is 3.20. The fraction of sp³-hybridized carbons (Fsp3) is 0.136. The maximum absolute atomic E-state index is 12.9. The molecule has 0 saturated carbocycles. The van der Waals surface area contributed by atoms with Gasteiger partial charge in [-0.05, 0) is 38.1 Å². The first-order valence-corrected chi connectivity index (χ1v) is 9.26. The lowest BCUT2D eigenvalue weighted by Gasteiger charge is -2.14. The number of aryl methyl sites for hydroxylation is 1. The monoisotopic (exact) mass is 402 g/mol. The number of pyridine rings is 2. The largest absolute Gasteiger partial charge is 0.449 e. The molecule has 1 unspecified atom stereocenters. The van der Waals surface area contributed by atoms with Gasteiger partial charge >= 0.3 is 5.97 Å². The molecule has 0 aliphatic carbocycles. The van der Waals surface area contributed by atoms with Gasteiger partial charge in [0.2, 0.25) is 0 Å². The number of esters is 1. The van der Waals surface area contributed by atoms with Gasteiger partial charge in [0, 0.05) is 29.4 Å². The molecule has 0 radical (unpaired) electrons. The molecular weight excluding hydrogens is 384 g/mol. The highest BCUT2D eigenvalue weighted by Gasteiger charge is 2.22. The summed E-state index contributed by atoms with van der Waals surface area (Å²) in [6, 6.07) is 14.1. The number of hydrogen-bond acceptors (Lipinski definition) is 7. The summed E-state index contributed by atoms with van der Waals surface area (Å²) in [4.78, 5) is 34.0. The van der Waals surface area contributed by atoms with Crippen LogP contribution >= 0.6 is 0 Å². The average Bonchev–Trinajstić information content (AvgIpc) is 3.17. The van der Waals surface area contributed by atoms with Gasteiger partial charge in [0.1, 0.15) is 5.76 Å². The molecule has 150 valence electrons. The molecule has 0 fully saturated rings. The van der Waals surface area contributed by atoms with E-state index < -0.39 is 18.0 Å². The highest BCUT2D eigenvalue weighted by atomic mass is 16.5. The summed E-state index contributed by atoms with van der Waals surface area (Å²) in [5.74, 6) is -0.324. The van der Waals surface area contributed by atoms with Crippen molar-refractivity contribution in [2.24, 2.45) is 0 Å². The molecule has 4 aromatic rings. The first-order chi connectivity index (χ1) is 14.5. The Labute approximate surface area is 171 Å². The fourth-order valence-electron chi connectivity index (χ4n) is 2.94. The smallest absolute Gasteiger partial charge is 0.339 e.